The average Bonchev–Trinajstić information content (AvgIpc) is 2.71. The number of fused-ring (bicyclic) bond motifs is 1. The van der Waals surface area contributed by atoms with Gasteiger partial charge in [-0.15, -0.1) is 0 Å². The van der Waals surface area contributed by atoms with Crippen LogP contribution in [-0.4, -0.2) is 42.8 Å². The molecule has 0 atom stereocenters. The fourth-order valence-electron chi connectivity index (χ4n) is 1.78. The second-order valence-electron chi connectivity index (χ2n) is 4.23. The summed E-state index contributed by atoms with van der Waals surface area (Å²) in [5.41, 5.74) is 1.45. The maximum absolute atomic E-state index is 14.1. The minimum Gasteiger partial charge on any atom is -0.494 e. The topological polar surface area (TPSA) is 41.1 Å². The van der Waals surface area contributed by atoms with Gasteiger partial charge in [0.15, 0.2) is 11.6 Å². The van der Waals surface area contributed by atoms with E-state index in [0.29, 0.717) is 17.3 Å². The van der Waals surface area contributed by atoms with Crippen molar-refractivity contribution in [3.63, 3.8) is 0 Å². The predicted molar refractivity (Wildman–Crippen MR) is 64.9 cm³/mol. The van der Waals surface area contributed by atoms with Crippen LogP contribution in [0.15, 0.2) is 12.1 Å². The van der Waals surface area contributed by atoms with Crippen molar-refractivity contribution in [1.29, 1.82) is 0 Å². The number of likely N-dealkylation sites (N-methyl/N-ethyl adjacent to an activating group) is 1. The molecule has 0 radical (unpaired) electrons. The molecule has 0 aliphatic rings. The monoisotopic (exact) mass is 237 g/mol. The molecule has 0 saturated carbocycles. The molecule has 0 bridgehead atoms. The quantitative estimate of drug-likeness (QED) is 0.881. The van der Waals surface area contributed by atoms with Gasteiger partial charge < -0.3 is 9.64 Å². The van der Waals surface area contributed by atoms with E-state index in [-0.39, 0.29) is 11.6 Å². The molecule has 1 heterocycles. The fraction of sp³-hybridized carbons (Fsp3) is 0.417. The number of methoxy groups -OCH3 is 1. The standard InChI is InChI=1S/C12H16FN3O/c1-16(2)7-6-9-11-8(14-15-9)4-5-10(17-3)12(11)13/h4-5H,6-7H2,1-3H3,(H,14,15). The molecule has 4 nitrogen and oxygen atoms in total. The molecular formula is C12H16FN3O. The molecule has 0 amide bonds. The third-order valence-corrected chi connectivity index (χ3v) is 2.72. The Morgan fingerprint density at radius 3 is 2.82 bits per heavy atom. The zero-order valence-electron chi connectivity index (χ0n) is 10.2. The molecule has 0 aliphatic heterocycles. The molecular weight excluding hydrogens is 221 g/mol. The Morgan fingerprint density at radius 1 is 1.41 bits per heavy atom. The van der Waals surface area contributed by atoms with Gasteiger partial charge in [0.1, 0.15) is 0 Å². The second kappa shape index (κ2) is 4.71. The van der Waals surface area contributed by atoms with Crippen molar-refractivity contribution in [3.8, 4) is 5.75 Å². The summed E-state index contributed by atoms with van der Waals surface area (Å²) in [6, 6.07) is 3.38. The molecule has 0 saturated heterocycles. The van der Waals surface area contributed by atoms with E-state index in [1.807, 2.05) is 19.0 Å². The largest absolute Gasteiger partial charge is 0.494 e. The molecule has 92 valence electrons. The van der Waals surface area contributed by atoms with Gasteiger partial charge in [-0.3, -0.25) is 5.10 Å². The Balaban J connectivity index is 2.43. The lowest BCUT2D eigenvalue weighted by molar-refractivity contribution is 0.388. The Bertz CT molecular complexity index is 522. The van der Waals surface area contributed by atoms with Gasteiger partial charge in [-0.05, 0) is 26.2 Å². The summed E-state index contributed by atoms with van der Waals surface area (Å²) in [5, 5.41) is 7.53. The van der Waals surface area contributed by atoms with Crippen molar-refractivity contribution in [3.05, 3.63) is 23.6 Å². The Labute approximate surface area is 99.4 Å². The van der Waals surface area contributed by atoms with E-state index in [1.54, 1.807) is 12.1 Å². The highest BCUT2D eigenvalue weighted by atomic mass is 19.1. The molecule has 2 aromatic rings. The van der Waals surface area contributed by atoms with Gasteiger partial charge >= 0.3 is 0 Å². The highest BCUT2D eigenvalue weighted by molar-refractivity contribution is 5.83. The van der Waals surface area contributed by atoms with Gasteiger partial charge in [0.05, 0.1) is 23.7 Å². The van der Waals surface area contributed by atoms with Crippen molar-refractivity contribution < 1.29 is 9.13 Å². The van der Waals surface area contributed by atoms with Crippen LogP contribution in [0, 0.1) is 5.82 Å². The summed E-state index contributed by atoms with van der Waals surface area (Å²) in [4.78, 5) is 2.04. The van der Waals surface area contributed by atoms with E-state index in [2.05, 4.69) is 10.2 Å². The molecule has 17 heavy (non-hydrogen) atoms. The van der Waals surface area contributed by atoms with Crippen molar-refractivity contribution >= 4 is 10.9 Å². The summed E-state index contributed by atoms with van der Waals surface area (Å²) in [7, 11) is 5.42. The Hall–Kier alpha value is -1.62. The van der Waals surface area contributed by atoms with Gasteiger partial charge in [0.2, 0.25) is 0 Å². The smallest absolute Gasteiger partial charge is 0.176 e. The number of aromatic amines is 1. The molecule has 2 rings (SSSR count). The number of nitrogens with one attached hydrogen (secondary N) is 1. The number of hydrogen-bond acceptors (Lipinski definition) is 3. The summed E-state index contributed by atoms with van der Waals surface area (Å²) >= 11 is 0. The van der Waals surface area contributed by atoms with Crippen LogP contribution in [0.25, 0.3) is 10.9 Å². The van der Waals surface area contributed by atoms with Crippen LogP contribution < -0.4 is 4.74 Å². The van der Waals surface area contributed by atoms with E-state index >= 15 is 0 Å². The summed E-state index contributed by atoms with van der Waals surface area (Å²) in [6.45, 7) is 0.830. The molecule has 0 spiro atoms. The van der Waals surface area contributed by atoms with Crippen LogP contribution in [0.2, 0.25) is 0 Å². The summed E-state index contributed by atoms with van der Waals surface area (Å²) in [6.07, 6.45) is 0.705. The minimum atomic E-state index is -0.340. The first-order chi connectivity index (χ1) is 8.13. The maximum atomic E-state index is 14.1. The number of benzene rings is 1. The predicted octanol–water partition coefficient (Wildman–Crippen LogP) is 1.81. The van der Waals surface area contributed by atoms with Gasteiger partial charge in [-0.25, -0.2) is 4.39 Å². The van der Waals surface area contributed by atoms with Crippen molar-refractivity contribution in [2.45, 2.75) is 6.42 Å². The van der Waals surface area contributed by atoms with Gasteiger partial charge in [-0.2, -0.15) is 5.10 Å². The normalized spacial score (nSPS) is 11.4. The number of hydrogen-bond donors (Lipinski definition) is 1. The van der Waals surface area contributed by atoms with Gasteiger partial charge in [0.25, 0.3) is 0 Å². The molecule has 1 aromatic carbocycles. The van der Waals surface area contributed by atoms with E-state index in [0.717, 1.165) is 12.2 Å². The highest BCUT2D eigenvalue weighted by Gasteiger charge is 2.14. The number of nitrogens with zero attached hydrogens (tertiary/aromatic N) is 2. The van der Waals surface area contributed by atoms with Crippen LogP contribution >= 0.6 is 0 Å². The van der Waals surface area contributed by atoms with Gasteiger partial charge in [-0.1, -0.05) is 0 Å². The molecule has 1 aromatic heterocycles. The fourth-order valence-corrected chi connectivity index (χ4v) is 1.78. The lowest BCUT2D eigenvalue weighted by atomic mass is 10.1. The lowest BCUT2D eigenvalue weighted by Gasteiger charge is -2.08. The van der Waals surface area contributed by atoms with Crippen LogP contribution in [0.5, 0.6) is 5.75 Å². The number of aromatic nitrogens is 2. The van der Waals surface area contributed by atoms with E-state index < -0.39 is 0 Å². The van der Waals surface area contributed by atoms with Crippen molar-refractivity contribution in [2.75, 3.05) is 27.7 Å². The zero-order chi connectivity index (χ0) is 12.4. The van der Waals surface area contributed by atoms with Crippen LogP contribution in [0.1, 0.15) is 5.69 Å². The zero-order valence-corrected chi connectivity index (χ0v) is 10.2. The average molecular weight is 237 g/mol. The number of halogens is 1. The third-order valence-electron chi connectivity index (χ3n) is 2.72. The van der Waals surface area contributed by atoms with Crippen LogP contribution in [0.3, 0.4) is 0 Å². The molecule has 5 heteroatoms. The molecule has 0 fully saturated rings. The molecule has 1 N–H and O–H groups in total. The van der Waals surface area contributed by atoms with E-state index in [1.165, 1.54) is 7.11 Å². The molecule has 0 aliphatic carbocycles. The van der Waals surface area contributed by atoms with Crippen LogP contribution in [-0.2, 0) is 6.42 Å². The first-order valence-corrected chi connectivity index (χ1v) is 5.47. The Morgan fingerprint density at radius 2 is 2.18 bits per heavy atom. The third kappa shape index (κ3) is 2.24. The highest BCUT2D eigenvalue weighted by Crippen LogP contribution is 2.27. The maximum Gasteiger partial charge on any atom is 0.176 e. The molecule has 0 unspecified atom stereocenters. The number of ether oxygens (including phenoxy) is 1. The SMILES string of the molecule is COc1ccc2[nH]nc(CCN(C)C)c2c1F. The first kappa shape index (κ1) is 11.9. The van der Waals surface area contributed by atoms with E-state index in [4.69, 9.17) is 4.74 Å². The minimum absolute atomic E-state index is 0.255. The first-order valence-electron chi connectivity index (χ1n) is 5.47. The summed E-state index contributed by atoms with van der Waals surface area (Å²) in [5.74, 6) is -0.0856. The van der Waals surface area contributed by atoms with E-state index in [9.17, 15) is 4.39 Å². The van der Waals surface area contributed by atoms with Gasteiger partial charge in [0, 0.05) is 13.0 Å². The van der Waals surface area contributed by atoms with Crippen molar-refractivity contribution in [2.24, 2.45) is 0 Å². The lowest BCUT2D eigenvalue weighted by Crippen LogP contribution is -2.15. The number of rotatable bonds is 4. The second-order valence-corrected chi connectivity index (χ2v) is 4.23. The Kier molecular flexibility index (Phi) is 3.28. The van der Waals surface area contributed by atoms with Crippen molar-refractivity contribution in [1.82, 2.24) is 15.1 Å². The summed E-state index contributed by atoms with van der Waals surface area (Å²) < 4.78 is 19.1. The van der Waals surface area contributed by atoms with Crippen LogP contribution in [0.4, 0.5) is 4.39 Å². The number of H-pyrrole nitrogens is 1.